The van der Waals surface area contributed by atoms with Crippen molar-refractivity contribution in [2.45, 2.75) is 45.1 Å². The van der Waals surface area contributed by atoms with E-state index >= 15 is 0 Å². The normalized spacial score (nSPS) is 15.9. The molecule has 0 atom stereocenters. The number of amides is 1. The Morgan fingerprint density at radius 2 is 2.19 bits per heavy atom. The Kier molecular flexibility index (Phi) is 3.22. The molecule has 1 aliphatic rings. The number of pyridine rings is 1. The van der Waals surface area contributed by atoms with Crippen molar-refractivity contribution >= 4 is 5.91 Å². The largest absolute Gasteiger partial charge is 0.348 e. The Bertz CT molecular complexity index is 366. The summed E-state index contributed by atoms with van der Waals surface area (Å²) in [4.78, 5) is 16.0. The van der Waals surface area contributed by atoms with Gasteiger partial charge in [0.2, 0.25) is 0 Å². The predicted molar refractivity (Wildman–Crippen MR) is 63.4 cm³/mol. The first-order chi connectivity index (χ1) is 7.66. The number of nitrogens with one attached hydrogen (secondary N) is 1. The molecule has 2 rings (SSSR count). The molecule has 1 amide bonds. The summed E-state index contributed by atoms with van der Waals surface area (Å²) in [5.41, 5.74) is 1.69. The molecule has 1 saturated carbocycles. The lowest BCUT2D eigenvalue weighted by atomic mass is 9.93. The highest BCUT2D eigenvalue weighted by Gasteiger charge is 2.20. The molecule has 0 aromatic carbocycles. The Balaban J connectivity index is 2.00. The van der Waals surface area contributed by atoms with Gasteiger partial charge in [0.1, 0.15) is 5.69 Å². The van der Waals surface area contributed by atoms with E-state index in [2.05, 4.69) is 24.1 Å². The van der Waals surface area contributed by atoms with Crippen molar-refractivity contribution in [1.82, 2.24) is 10.3 Å². The second kappa shape index (κ2) is 4.64. The van der Waals surface area contributed by atoms with Gasteiger partial charge in [-0.3, -0.25) is 9.78 Å². The fourth-order valence-electron chi connectivity index (χ4n) is 1.69. The minimum atomic E-state index is -0.0417. The molecular formula is C13H18N2O. The number of carbonyl (C=O) groups excluding carboxylic acids is 1. The van der Waals surface area contributed by atoms with Crippen molar-refractivity contribution in [3.63, 3.8) is 0 Å². The van der Waals surface area contributed by atoms with Crippen LogP contribution in [0, 0.1) is 0 Å². The minimum Gasteiger partial charge on any atom is -0.348 e. The van der Waals surface area contributed by atoms with Crippen LogP contribution in [-0.2, 0) is 0 Å². The summed E-state index contributed by atoms with van der Waals surface area (Å²) >= 11 is 0. The average molecular weight is 218 g/mol. The molecule has 1 N–H and O–H groups in total. The number of carbonyl (C=O) groups is 1. The lowest BCUT2D eigenvalue weighted by molar-refractivity contribution is 0.0912. The Morgan fingerprint density at radius 1 is 1.44 bits per heavy atom. The van der Waals surface area contributed by atoms with Gasteiger partial charge in [-0.25, -0.2) is 0 Å². The molecule has 3 nitrogen and oxygen atoms in total. The first-order valence-corrected chi connectivity index (χ1v) is 5.93. The van der Waals surface area contributed by atoms with Gasteiger partial charge in [0.15, 0.2) is 0 Å². The molecule has 3 heteroatoms. The van der Waals surface area contributed by atoms with Gasteiger partial charge in [-0.05, 0) is 36.8 Å². The van der Waals surface area contributed by atoms with Gasteiger partial charge in [0.05, 0.1) is 0 Å². The van der Waals surface area contributed by atoms with Gasteiger partial charge in [0, 0.05) is 12.2 Å². The first-order valence-electron chi connectivity index (χ1n) is 5.93. The van der Waals surface area contributed by atoms with Crippen molar-refractivity contribution in [2.75, 3.05) is 0 Å². The molecule has 1 aliphatic carbocycles. The highest BCUT2D eigenvalue weighted by molar-refractivity contribution is 5.92. The lowest BCUT2D eigenvalue weighted by Crippen LogP contribution is -2.39. The molecule has 1 aromatic heterocycles. The highest BCUT2D eigenvalue weighted by atomic mass is 16.1. The Morgan fingerprint density at radius 3 is 2.62 bits per heavy atom. The molecule has 1 aromatic rings. The zero-order valence-electron chi connectivity index (χ0n) is 9.86. The maximum absolute atomic E-state index is 11.8. The predicted octanol–water partition coefficient (Wildman–Crippen LogP) is 2.49. The summed E-state index contributed by atoms with van der Waals surface area (Å²) < 4.78 is 0. The summed E-state index contributed by atoms with van der Waals surface area (Å²) in [6.45, 7) is 4.23. The quantitative estimate of drug-likeness (QED) is 0.847. The third-order valence-electron chi connectivity index (χ3n) is 3.13. The Hall–Kier alpha value is -1.38. The third-order valence-corrected chi connectivity index (χ3v) is 3.13. The molecule has 0 unspecified atom stereocenters. The molecule has 16 heavy (non-hydrogen) atoms. The third kappa shape index (κ3) is 2.40. The van der Waals surface area contributed by atoms with E-state index in [-0.39, 0.29) is 5.91 Å². The van der Waals surface area contributed by atoms with Crippen molar-refractivity contribution in [2.24, 2.45) is 0 Å². The fraction of sp³-hybridized carbons (Fsp3) is 0.538. The zero-order valence-corrected chi connectivity index (χ0v) is 9.86. The second-order valence-electron chi connectivity index (χ2n) is 4.73. The molecule has 1 heterocycles. The summed E-state index contributed by atoms with van der Waals surface area (Å²) in [5.74, 6) is 0.413. The van der Waals surface area contributed by atoms with E-state index in [1.807, 2.05) is 12.1 Å². The zero-order chi connectivity index (χ0) is 11.5. The van der Waals surface area contributed by atoms with Gasteiger partial charge in [-0.1, -0.05) is 19.9 Å². The minimum absolute atomic E-state index is 0.0417. The molecule has 0 aliphatic heterocycles. The van der Waals surface area contributed by atoms with Gasteiger partial charge < -0.3 is 5.32 Å². The lowest BCUT2D eigenvalue weighted by Gasteiger charge is -2.26. The molecule has 86 valence electrons. The fourth-order valence-corrected chi connectivity index (χ4v) is 1.69. The molecule has 1 fully saturated rings. The summed E-state index contributed by atoms with van der Waals surface area (Å²) in [5, 5.41) is 2.98. The van der Waals surface area contributed by atoms with E-state index in [1.54, 1.807) is 6.20 Å². The van der Waals surface area contributed by atoms with Crippen molar-refractivity contribution < 1.29 is 4.79 Å². The molecular weight excluding hydrogens is 200 g/mol. The van der Waals surface area contributed by atoms with Crippen LogP contribution in [-0.4, -0.2) is 16.9 Å². The molecule has 0 bridgehead atoms. The van der Waals surface area contributed by atoms with Crippen LogP contribution in [0.4, 0.5) is 0 Å². The average Bonchev–Trinajstić information content (AvgIpc) is 2.23. The smallest absolute Gasteiger partial charge is 0.270 e. The Labute approximate surface area is 96.3 Å². The van der Waals surface area contributed by atoms with E-state index in [1.165, 1.54) is 12.0 Å². The topological polar surface area (TPSA) is 42.0 Å². The number of nitrogens with zero attached hydrogens (tertiary/aromatic N) is 1. The van der Waals surface area contributed by atoms with E-state index in [9.17, 15) is 4.79 Å². The van der Waals surface area contributed by atoms with Gasteiger partial charge in [-0.15, -0.1) is 0 Å². The van der Waals surface area contributed by atoms with Crippen LogP contribution in [0.3, 0.4) is 0 Å². The maximum Gasteiger partial charge on any atom is 0.270 e. The van der Waals surface area contributed by atoms with Crippen molar-refractivity contribution in [3.05, 3.63) is 29.6 Å². The standard InChI is InChI=1S/C13H18N2O/c1-9(2)10-6-7-12(14-8-10)13(16)15-11-4-3-5-11/h6-9,11H,3-5H2,1-2H3,(H,15,16). The van der Waals surface area contributed by atoms with E-state index in [4.69, 9.17) is 0 Å². The summed E-state index contributed by atoms with van der Waals surface area (Å²) in [6, 6.07) is 4.16. The number of rotatable bonds is 3. The van der Waals surface area contributed by atoms with Crippen LogP contribution >= 0.6 is 0 Å². The van der Waals surface area contributed by atoms with Crippen LogP contribution in [0.1, 0.15) is 55.1 Å². The van der Waals surface area contributed by atoms with Crippen LogP contribution in [0.5, 0.6) is 0 Å². The van der Waals surface area contributed by atoms with E-state index in [0.29, 0.717) is 17.7 Å². The van der Waals surface area contributed by atoms with E-state index in [0.717, 1.165) is 12.8 Å². The van der Waals surface area contributed by atoms with Crippen LogP contribution in [0.25, 0.3) is 0 Å². The molecule has 0 spiro atoms. The number of hydrogen-bond acceptors (Lipinski definition) is 2. The van der Waals surface area contributed by atoms with Crippen molar-refractivity contribution in [1.29, 1.82) is 0 Å². The van der Waals surface area contributed by atoms with Crippen LogP contribution < -0.4 is 5.32 Å². The number of hydrogen-bond donors (Lipinski definition) is 1. The molecule has 0 radical (unpaired) electrons. The van der Waals surface area contributed by atoms with E-state index < -0.39 is 0 Å². The maximum atomic E-state index is 11.8. The van der Waals surface area contributed by atoms with Gasteiger partial charge in [0.25, 0.3) is 5.91 Å². The first kappa shape index (κ1) is 11.1. The highest BCUT2D eigenvalue weighted by Crippen LogP contribution is 2.18. The summed E-state index contributed by atoms with van der Waals surface area (Å²) in [6.07, 6.45) is 5.23. The van der Waals surface area contributed by atoms with Gasteiger partial charge in [-0.2, -0.15) is 0 Å². The van der Waals surface area contributed by atoms with Gasteiger partial charge >= 0.3 is 0 Å². The van der Waals surface area contributed by atoms with Crippen LogP contribution in [0.2, 0.25) is 0 Å². The van der Waals surface area contributed by atoms with Crippen LogP contribution in [0.15, 0.2) is 18.3 Å². The molecule has 0 saturated heterocycles. The van der Waals surface area contributed by atoms with Crippen molar-refractivity contribution in [3.8, 4) is 0 Å². The second-order valence-corrected chi connectivity index (χ2v) is 4.73. The SMILES string of the molecule is CC(C)c1ccc(C(=O)NC2CCC2)nc1. The monoisotopic (exact) mass is 218 g/mol. The number of aromatic nitrogens is 1. The summed E-state index contributed by atoms with van der Waals surface area (Å²) in [7, 11) is 0.